The molecule has 4 nitrogen and oxygen atoms in total. The first-order valence-corrected chi connectivity index (χ1v) is 14.4. The van der Waals surface area contributed by atoms with Crippen LogP contribution in [0.2, 0.25) is 26.3 Å². The maximum atomic E-state index is 2.84. The molecule has 34 heavy (non-hydrogen) atoms. The Bertz CT molecular complexity index is 653. The SMILES string of the molecule is CCB1CN(C(C)(C)C)B(CCCC(C)(C)N2CB(C)N(C(C)(C)C)CB2C)CN1C(C)(C)C. The highest BCUT2D eigenvalue weighted by Crippen LogP contribution is 2.32. The van der Waals surface area contributed by atoms with Crippen molar-refractivity contribution in [2.45, 2.75) is 144 Å². The van der Waals surface area contributed by atoms with Gasteiger partial charge in [-0.15, -0.1) is 0 Å². The van der Waals surface area contributed by atoms with E-state index in [9.17, 15) is 0 Å². The Morgan fingerprint density at radius 2 is 0.971 bits per heavy atom. The van der Waals surface area contributed by atoms with Crippen LogP contribution in [0.25, 0.3) is 0 Å². The number of hydrogen-bond donors (Lipinski definition) is 0. The molecule has 2 aliphatic rings. The van der Waals surface area contributed by atoms with Crippen molar-refractivity contribution in [2.24, 2.45) is 0 Å². The van der Waals surface area contributed by atoms with Crippen LogP contribution in [0.3, 0.4) is 0 Å². The van der Waals surface area contributed by atoms with Crippen LogP contribution in [0.4, 0.5) is 0 Å². The molecule has 0 N–H and O–H groups in total. The lowest BCUT2D eigenvalue weighted by molar-refractivity contribution is 0.188. The minimum absolute atomic E-state index is 0.227. The number of nitrogens with zero attached hydrogens (tertiary/aromatic N) is 4. The van der Waals surface area contributed by atoms with Gasteiger partial charge in [-0.3, -0.25) is 0 Å². The molecule has 0 unspecified atom stereocenters. The third-order valence-corrected chi connectivity index (χ3v) is 8.84. The summed E-state index contributed by atoms with van der Waals surface area (Å²) in [6.45, 7) is 36.3. The van der Waals surface area contributed by atoms with Crippen LogP contribution in [-0.2, 0) is 0 Å². The summed E-state index contributed by atoms with van der Waals surface area (Å²) in [5.74, 6) is 0. The molecule has 2 heterocycles. The number of rotatable bonds is 6. The van der Waals surface area contributed by atoms with Gasteiger partial charge in [-0.25, -0.2) is 0 Å². The molecular formula is C26H58B4N4. The predicted octanol–water partition coefficient (Wildman–Crippen LogP) is 5.58. The smallest absolute Gasteiger partial charge is 0.236 e. The van der Waals surface area contributed by atoms with Gasteiger partial charge in [0.25, 0.3) is 0 Å². The van der Waals surface area contributed by atoms with E-state index >= 15 is 0 Å². The molecule has 194 valence electrons. The van der Waals surface area contributed by atoms with E-state index in [4.69, 9.17) is 0 Å². The molecule has 0 spiro atoms. The second-order valence-corrected chi connectivity index (χ2v) is 15.2. The van der Waals surface area contributed by atoms with Crippen LogP contribution < -0.4 is 0 Å². The normalized spacial score (nSPS) is 21.7. The lowest BCUT2D eigenvalue weighted by Crippen LogP contribution is -2.70. The third kappa shape index (κ3) is 7.33. The molecule has 0 amide bonds. The minimum atomic E-state index is 0.227. The van der Waals surface area contributed by atoms with Gasteiger partial charge in [-0.1, -0.05) is 39.6 Å². The Labute approximate surface area is 216 Å². The summed E-state index contributed by atoms with van der Waals surface area (Å²) >= 11 is 0. The summed E-state index contributed by atoms with van der Waals surface area (Å²) in [5.41, 5.74) is 0.955. The molecular weight excluding hydrogens is 412 g/mol. The highest BCUT2D eigenvalue weighted by Gasteiger charge is 2.46. The van der Waals surface area contributed by atoms with Crippen molar-refractivity contribution in [3.8, 4) is 0 Å². The van der Waals surface area contributed by atoms with Gasteiger partial charge in [0.15, 0.2) is 0 Å². The van der Waals surface area contributed by atoms with E-state index in [0.29, 0.717) is 27.4 Å². The quantitative estimate of drug-likeness (QED) is 0.471. The van der Waals surface area contributed by atoms with Crippen LogP contribution >= 0.6 is 0 Å². The van der Waals surface area contributed by atoms with Gasteiger partial charge in [-0.2, -0.15) is 0 Å². The van der Waals surface area contributed by atoms with Crippen LogP contribution in [0.5, 0.6) is 0 Å². The van der Waals surface area contributed by atoms with Crippen LogP contribution in [0.1, 0.15) is 95.9 Å². The van der Waals surface area contributed by atoms with E-state index < -0.39 is 0 Å². The maximum absolute atomic E-state index is 2.84. The van der Waals surface area contributed by atoms with Crippen molar-refractivity contribution in [3.63, 3.8) is 0 Å². The number of hydrogen-bond acceptors (Lipinski definition) is 4. The highest BCUT2D eigenvalue weighted by molar-refractivity contribution is 6.66. The third-order valence-electron chi connectivity index (χ3n) is 8.84. The molecule has 2 saturated heterocycles. The van der Waals surface area contributed by atoms with E-state index in [-0.39, 0.29) is 22.2 Å². The molecule has 0 aliphatic carbocycles. The zero-order chi connectivity index (χ0) is 26.3. The van der Waals surface area contributed by atoms with Gasteiger partial charge in [-0.05, 0) is 108 Å². The first-order valence-electron chi connectivity index (χ1n) is 14.4. The Balaban J connectivity index is 2.07. The standard InChI is InChI=1S/C26H58B4N4/c1-15-29-21-33(25(8,9)10)30(22-32(29)24(5,6)7)18-16-17-26(11,12)34-20-27(13)31(19-28(34)14)23(2,3)4/h15-22H2,1-14H3. The fourth-order valence-corrected chi connectivity index (χ4v) is 7.01. The van der Waals surface area contributed by atoms with Crippen molar-refractivity contribution in [3.05, 3.63) is 0 Å². The molecule has 0 radical (unpaired) electrons. The fourth-order valence-electron chi connectivity index (χ4n) is 7.01. The Morgan fingerprint density at radius 1 is 0.559 bits per heavy atom. The van der Waals surface area contributed by atoms with Crippen molar-refractivity contribution < 1.29 is 0 Å². The van der Waals surface area contributed by atoms with E-state index in [1.807, 2.05) is 0 Å². The Kier molecular flexibility index (Phi) is 9.67. The monoisotopic (exact) mass is 471 g/mol. The summed E-state index contributed by atoms with van der Waals surface area (Å²) in [5, 5.41) is 0. The van der Waals surface area contributed by atoms with E-state index in [1.54, 1.807) is 0 Å². The molecule has 2 rings (SSSR count). The molecule has 8 heteroatoms. The van der Waals surface area contributed by atoms with Gasteiger partial charge in [0.1, 0.15) is 0 Å². The van der Waals surface area contributed by atoms with Gasteiger partial charge >= 0.3 is 0 Å². The molecule has 2 fully saturated rings. The summed E-state index contributed by atoms with van der Waals surface area (Å²) in [6.07, 6.45) is 9.88. The average molecular weight is 470 g/mol. The van der Waals surface area contributed by atoms with Crippen molar-refractivity contribution >= 4 is 27.4 Å². The van der Waals surface area contributed by atoms with Gasteiger partial charge in [0, 0.05) is 22.2 Å². The van der Waals surface area contributed by atoms with Crippen LogP contribution in [0.15, 0.2) is 0 Å². The highest BCUT2D eigenvalue weighted by atomic mass is 15.2. The topological polar surface area (TPSA) is 13.0 Å². The van der Waals surface area contributed by atoms with Gasteiger partial charge in [0.2, 0.25) is 27.4 Å². The van der Waals surface area contributed by atoms with Gasteiger partial charge in [0.05, 0.1) is 0 Å². The molecule has 0 aromatic carbocycles. The van der Waals surface area contributed by atoms with E-state index in [1.165, 1.54) is 51.3 Å². The lowest BCUT2D eigenvalue weighted by Gasteiger charge is -2.54. The first kappa shape index (κ1) is 30.3. The Morgan fingerprint density at radius 3 is 1.44 bits per heavy atom. The van der Waals surface area contributed by atoms with Crippen LogP contribution in [-0.4, -0.2) is 94.6 Å². The predicted molar refractivity (Wildman–Crippen MR) is 159 cm³/mol. The van der Waals surface area contributed by atoms with Crippen molar-refractivity contribution in [1.29, 1.82) is 0 Å². The Hall–Kier alpha value is 0.0997. The summed E-state index contributed by atoms with van der Waals surface area (Å²) in [4.78, 5) is 11.2. The maximum Gasteiger partial charge on any atom is 0.236 e. The van der Waals surface area contributed by atoms with Crippen molar-refractivity contribution in [2.75, 3.05) is 25.8 Å². The molecule has 0 aromatic rings. The fraction of sp³-hybridized carbons (Fsp3) is 1.00. The second kappa shape index (κ2) is 10.8. The zero-order valence-electron chi connectivity index (χ0n) is 25.8. The van der Waals surface area contributed by atoms with Gasteiger partial charge < -0.3 is 19.2 Å². The molecule has 0 saturated carbocycles. The van der Waals surface area contributed by atoms with Crippen LogP contribution in [0, 0.1) is 0 Å². The van der Waals surface area contributed by atoms with Crippen molar-refractivity contribution in [1.82, 2.24) is 19.2 Å². The first-order chi connectivity index (χ1) is 15.3. The van der Waals surface area contributed by atoms with E-state index in [2.05, 4.69) is 116 Å². The molecule has 0 bridgehead atoms. The summed E-state index contributed by atoms with van der Waals surface area (Å²) in [6, 6.07) is 0. The molecule has 2 aliphatic heterocycles. The lowest BCUT2D eigenvalue weighted by atomic mass is 9.42. The molecule has 0 aromatic heterocycles. The summed E-state index contributed by atoms with van der Waals surface area (Å²) < 4.78 is 0. The largest absolute Gasteiger partial charge is 0.342 e. The summed E-state index contributed by atoms with van der Waals surface area (Å²) in [7, 11) is 0. The molecule has 0 atom stereocenters. The second-order valence-electron chi connectivity index (χ2n) is 15.2. The van der Waals surface area contributed by atoms with E-state index in [0.717, 1.165) is 0 Å². The average Bonchev–Trinajstić information content (AvgIpc) is 2.66. The minimum Gasteiger partial charge on any atom is -0.342 e. The zero-order valence-corrected chi connectivity index (χ0v) is 25.8.